The Morgan fingerprint density at radius 2 is 1.34 bits per heavy atom. The fourth-order valence-corrected chi connectivity index (χ4v) is 5.22. The predicted molar refractivity (Wildman–Crippen MR) is 146 cm³/mol. The molecule has 44 heavy (non-hydrogen) atoms. The number of anilines is 2. The molecule has 6 heterocycles. The summed E-state index contributed by atoms with van der Waals surface area (Å²) in [5, 5.41) is 50.3. The van der Waals surface area contributed by atoms with Crippen molar-refractivity contribution in [2.45, 2.75) is 62.1 Å². The van der Waals surface area contributed by atoms with Gasteiger partial charge in [0, 0.05) is 0 Å². The van der Waals surface area contributed by atoms with E-state index in [9.17, 15) is 30.1 Å². The van der Waals surface area contributed by atoms with Crippen molar-refractivity contribution in [3.63, 3.8) is 0 Å². The number of hydrogen-bond donors (Lipinski definition) is 9. The van der Waals surface area contributed by atoms with E-state index in [1.54, 1.807) is 0 Å². The summed E-state index contributed by atoms with van der Waals surface area (Å²) in [6, 6.07) is 0. The molecule has 0 unspecified atom stereocenters. The average Bonchev–Trinajstić information content (AvgIpc) is 3.68. The third-order valence-electron chi connectivity index (χ3n) is 7.24. The zero-order valence-electron chi connectivity index (χ0n) is 23.1. The SMILES string of the molecule is C[C@@]1(O)[C@H](O)[C@@H](CO)O[C@H]1n1cnc2c(N)ncnc21.C[C@@]1(O)[C@H](O)[C@@H](OCP(=O)(O)O)O[C@H]1n1cnc2c(N)ncnc21. The minimum absolute atomic E-state index is 0.131. The standard InChI is InChI=1S/C11H16N5O7P.C11H15N5O4/c1-11(18)6(17)9(22-4-24(19,20)21)23-10(11)16-3-15-5-7(12)13-2-14-8(5)16;1-11(19)7(18)5(2-17)20-10(11)16-4-15-6-8(12)13-3-14-9(6)16/h2-3,6,9-10,17-18H,4H2,1H3,(H2,12,13,14)(H2,19,20,21);3-5,7,10,17-19H,2H2,1H3,(H2,12,13,14)/t6-,9+,10-,11-;5-,7-,10-,11-/m11/s1. The highest BCUT2D eigenvalue weighted by Gasteiger charge is 2.55. The maximum Gasteiger partial charge on any atom is 0.351 e. The number of fused-ring (bicyclic) bond motifs is 2. The molecule has 2 aliphatic heterocycles. The molecule has 0 aliphatic carbocycles. The van der Waals surface area contributed by atoms with Gasteiger partial charge in [-0.05, 0) is 13.8 Å². The van der Waals surface area contributed by atoms with Crippen molar-refractivity contribution >= 4 is 41.6 Å². The van der Waals surface area contributed by atoms with Crippen LogP contribution in [0.3, 0.4) is 0 Å². The number of aliphatic hydroxyl groups excluding tert-OH is 3. The van der Waals surface area contributed by atoms with Gasteiger partial charge in [0.15, 0.2) is 48.0 Å². The summed E-state index contributed by atoms with van der Waals surface area (Å²) in [5.74, 6) is 0.344. The number of imidazole rings is 2. The van der Waals surface area contributed by atoms with Crippen LogP contribution in [0.4, 0.5) is 11.6 Å². The molecule has 0 radical (unpaired) electrons. The molecule has 0 amide bonds. The lowest BCUT2D eigenvalue weighted by molar-refractivity contribution is -0.167. The molecule has 0 spiro atoms. The van der Waals surface area contributed by atoms with Crippen LogP contribution in [-0.4, -0.2) is 123 Å². The zero-order valence-corrected chi connectivity index (χ0v) is 24.0. The van der Waals surface area contributed by atoms with Crippen molar-refractivity contribution in [1.82, 2.24) is 39.0 Å². The molecule has 0 aromatic carbocycles. The summed E-state index contributed by atoms with van der Waals surface area (Å²) < 4.78 is 29.5. The molecule has 2 aliphatic rings. The Kier molecular flexibility index (Phi) is 8.33. The number of nitrogen functional groups attached to an aromatic ring is 2. The molecule has 0 bridgehead atoms. The normalized spacial score (nSPS) is 32.3. The van der Waals surface area contributed by atoms with E-state index in [2.05, 4.69) is 29.9 Å². The van der Waals surface area contributed by atoms with E-state index in [1.165, 1.54) is 48.3 Å². The Morgan fingerprint density at radius 1 is 0.864 bits per heavy atom. The van der Waals surface area contributed by atoms with E-state index in [-0.39, 0.29) is 22.8 Å². The third kappa shape index (κ3) is 5.59. The van der Waals surface area contributed by atoms with Gasteiger partial charge in [0.1, 0.15) is 53.2 Å². The molecule has 4 aromatic heterocycles. The van der Waals surface area contributed by atoms with E-state index in [4.69, 9.17) is 35.5 Å². The van der Waals surface area contributed by atoms with E-state index >= 15 is 0 Å². The molecule has 0 saturated carbocycles. The molecule has 2 fully saturated rings. The topological polar surface area (TPSA) is 326 Å². The summed E-state index contributed by atoms with van der Waals surface area (Å²) in [6.07, 6.45) is -3.01. The number of aromatic nitrogens is 8. The lowest BCUT2D eigenvalue weighted by Crippen LogP contribution is -2.44. The summed E-state index contributed by atoms with van der Waals surface area (Å²) in [7, 11) is -4.46. The summed E-state index contributed by atoms with van der Waals surface area (Å²) in [5.41, 5.74) is 9.26. The first-order valence-corrected chi connectivity index (χ1v) is 14.6. The van der Waals surface area contributed by atoms with Gasteiger partial charge >= 0.3 is 7.60 Å². The summed E-state index contributed by atoms with van der Waals surface area (Å²) in [4.78, 5) is 41.5. The maximum atomic E-state index is 10.9. The molecule has 2 saturated heterocycles. The highest BCUT2D eigenvalue weighted by molar-refractivity contribution is 7.51. The number of ether oxygens (including phenoxy) is 3. The van der Waals surface area contributed by atoms with Crippen molar-refractivity contribution < 1.29 is 54.1 Å². The highest BCUT2D eigenvalue weighted by Crippen LogP contribution is 2.43. The molecular formula is C22H31N10O11P. The molecule has 4 aromatic rings. The van der Waals surface area contributed by atoms with Crippen LogP contribution >= 0.6 is 7.60 Å². The van der Waals surface area contributed by atoms with Crippen LogP contribution in [0, 0.1) is 0 Å². The van der Waals surface area contributed by atoms with Crippen molar-refractivity contribution in [1.29, 1.82) is 0 Å². The smallest absolute Gasteiger partial charge is 0.351 e. The van der Waals surface area contributed by atoms with Crippen molar-refractivity contribution in [3.05, 3.63) is 25.3 Å². The minimum Gasteiger partial charge on any atom is -0.394 e. The Morgan fingerprint density at radius 3 is 1.80 bits per heavy atom. The van der Waals surface area contributed by atoms with Crippen LogP contribution < -0.4 is 11.5 Å². The molecule has 11 N–H and O–H groups in total. The van der Waals surface area contributed by atoms with Gasteiger partial charge in [-0.25, -0.2) is 29.9 Å². The monoisotopic (exact) mass is 642 g/mol. The van der Waals surface area contributed by atoms with Gasteiger partial charge in [-0.15, -0.1) is 0 Å². The van der Waals surface area contributed by atoms with E-state index in [0.717, 1.165) is 0 Å². The summed E-state index contributed by atoms with van der Waals surface area (Å²) in [6.45, 7) is 2.31. The van der Waals surface area contributed by atoms with Gasteiger partial charge in [0.2, 0.25) is 0 Å². The Labute approximate surface area is 246 Å². The number of hydrogen-bond acceptors (Lipinski definition) is 17. The van der Waals surface area contributed by atoms with Crippen LogP contribution in [0.25, 0.3) is 22.3 Å². The lowest BCUT2D eigenvalue weighted by Gasteiger charge is -2.27. The Hall–Kier alpha value is -3.47. The van der Waals surface area contributed by atoms with Crippen LogP contribution in [0.2, 0.25) is 0 Å². The highest BCUT2D eigenvalue weighted by atomic mass is 31.2. The predicted octanol–water partition coefficient (Wildman–Crippen LogP) is -3.06. The summed E-state index contributed by atoms with van der Waals surface area (Å²) >= 11 is 0. The molecule has 8 atom stereocenters. The first-order valence-electron chi connectivity index (χ1n) is 12.8. The van der Waals surface area contributed by atoms with Gasteiger partial charge in [-0.2, -0.15) is 0 Å². The lowest BCUT2D eigenvalue weighted by atomic mass is 9.96. The van der Waals surface area contributed by atoms with Crippen LogP contribution in [0.5, 0.6) is 0 Å². The zero-order chi connectivity index (χ0) is 32.2. The fraction of sp³-hybridized carbons (Fsp3) is 0.545. The first-order chi connectivity index (χ1) is 20.6. The maximum absolute atomic E-state index is 10.9. The van der Waals surface area contributed by atoms with Crippen LogP contribution in [-0.2, 0) is 18.8 Å². The quantitative estimate of drug-likeness (QED) is 0.0942. The first kappa shape index (κ1) is 31.9. The fourth-order valence-electron chi connectivity index (χ4n) is 4.88. The van der Waals surface area contributed by atoms with Crippen molar-refractivity contribution in [3.8, 4) is 0 Å². The van der Waals surface area contributed by atoms with Gasteiger partial charge < -0.3 is 61.0 Å². The second-order valence-electron chi connectivity index (χ2n) is 10.5. The third-order valence-corrected chi connectivity index (χ3v) is 7.73. The largest absolute Gasteiger partial charge is 0.394 e. The number of nitrogens with two attached hydrogens (primary N) is 2. The molecule has 6 rings (SSSR count). The second kappa shape index (κ2) is 11.5. The van der Waals surface area contributed by atoms with E-state index in [0.29, 0.717) is 11.2 Å². The van der Waals surface area contributed by atoms with Gasteiger partial charge in [-0.1, -0.05) is 0 Å². The molecule has 22 heteroatoms. The molecule has 240 valence electrons. The van der Waals surface area contributed by atoms with Crippen molar-refractivity contribution in [2.75, 3.05) is 24.4 Å². The van der Waals surface area contributed by atoms with Gasteiger partial charge in [0.25, 0.3) is 0 Å². The molecular weight excluding hydrogens is 611 g/mol. The average molecular weight is 643 g/mol. The van der Waals surface area contributed by atoms with E-state index < -0.39 is 68.8 Å². The second-order valence-corrected chi connectivity index (χ2v) is 12.1. The minimum atomic E-state index is -4.46. The Bertz CT molecular complexity index is 1690. The van der Waals surface area contributed by atoms with Gasteiger partial charge in [0.05, 0.1) is 19.3 Å². The number of aliphatic hydroxyl groups is 5. The molecule has 21 nitrogen and oxygen atoms in total. The Balaban J connectivity index is 0.000000177. The van der Waals surface area contributed by atoms with Crippen LogP contribution in [0.1, 0.15) is 26.3 Å². The van der Waals surface area contributed by atoms with Crippen LogP contribution in [0.15, 0.2) is 25.3 Å². The number of nitrogens with zero attached hydrogens (tertiary/aromatic N) is 8. The van der Waals surface area contributed by atoms with Crippen molar-refractivity contribution in [2.24, 2.45) is 0 Å². The number of rotatable bonds is 6. The van der Waals surface area contributed by atoms with E-state index in [1.807, 2.05) is 0 Å². The van der Waals surface area contributed by atoms with Gasteiger partial charge in [-0.3, -0.25) is 13.7 Å².